The van der Waals surface area contributed by atoms with Crippen LogP contribution in [0.2, 0.25) is 5.15 Å². The van der Waals surface area contributed by atoms with Crippen LogP contribution in [-0.2, 0) is 0 Å². The SMILES string of the molecule is CC(Nc1c(-c2c(F)cc(C#CCCCO)cc2F)c(Cl)nc2ncnn12)C(C)(C)C. The zero-order valence-electron chi connectivity index (χ0n) is 17.8. The van der Waals surface area contributed by atoms with Gasteiger partial charge in [-0.15, -0.1) is 0 Å². The van der Waals surface area contributed by atoms with E-state index in [4.69, 9.17) is 16.7 Å². The largest absolute Gasteiger partial charge is 0.396 e. The number of aliphatic hydroxyl groups is 1. The number of rotatable bonds is 5. The Labute approximate surface area is 184 Å². The molecule has 0 radical (unpaired) electrons. The first kappa shape index (κ1) is 22.9. The minimum Gasteiger partial charge on any atom is -0.396 e. The van der Waals surface area contributed by atoms with Crippen molar-refractivity contribution in [2.75, 3.05) is 11.9 Å². The number of nitrogens with zero attached hydrogens (tertiary/aromatic N) is 4. The molecular weight excluding hydrogens is 424 g/mol. The highest BCUT2D eigenvalue weighted by atomic mass is 35.5. The summed E-state index contributed by atoms with van der Waals surface area (Å²) in [5, 5.41) is 16.2. The molecule has 0 saturated carbocycles. The molecule has 3 rings (SSSR count). The summed E-state index contributed by atoms with van der Waals surface area (Å²) in [4.78, 5) is 8.19. The van der Waals surface area contributed by atoms with Crippen LogP contribution in [0.4, 0.5) is 14.6 Å². The van der Waals surface area contributed by atoms with Crippen LogP contribution in [0.3, 0.4) is 0 Å². The molecule has 0 saturated heterocycles. The average molecular weight is 448 g/mol. The molecule has 0 bridgehead atoms. The Hall–Kier alpha value is -2.76. The Morgan fingerprint density at radius 1 is 1.23 bits per heavy atom. The molecule has 0 aliphatic carbocycles. The molecule has 1 unspecified atom stereocenters. The van der Waals surface area contributed by atoms with Gasteiger partial charge in [0.2, 0.25) is 0 Å². The monoisotopic (exact) mass is 447 g/mol. The highest BCUT2D eigenvalue weighted by Crippen LogP contribution is 2.39. The molecule has 0 aliphatic rings. The summed E-state index contributed by atoms with van der Waals surface area (Å²) in [5.41, 5.74) is -0.226. The van der Waals surface area contributed by atoms with E-state index < -0.39 is 11.6 Å². The summed E-state index contributed by atoms with van der Waals surface area (Å²) < 4.78 is 31.6. The number of halogens is 3. The van der Waals surface area contributed by atoms with Crippen molar-refractivity contribution in [2.24, 2.45) is 5.41 Å². The van der Waals surface area contributed by atoms with Gasteiger partial charge in [-0.3, -0.25) is 0 Å². The normalized spacial score (nSPS) is 12.5. The van der Waals surface area contributed by atoms with Crippen LogP contribution in [0.1, 0.15) is 46.1 Å². The average Bonchev–Trinajstić information content (AvgIpc) is 3.14. The molecule has 0 amide bonds. The lowest BCUT2D eigenvalue weighted by Gasteiger charge is -2.30. The minimum absolute atomic E-state index is 0.00929. The summed E-state index contributed by atoms with van der Waals surface area (Å²) in [5.74, 6) is 4.38. The second kappa shape index (κ2) is 9.16. The fourth-order valence-electron chi connectivity index (χ4n) is 2.81. The Morgan fingerprint density at radius 2 is 1.90 bits per heavy atom. The molecule has 0 aliphatic heterocycles. The van der Waals surface area contributed by atoms with Crippen molar-refractivity contribution < 1.29 is 13.9 Å². The topological polar surface area (TPSA) is 75.3 Å². The van der Waals surface area contributed by atoms with Gasteiger partial charge in [-0.05, 0) is 30.9 Å². The maximum Gasteiger partial charge on any atom is 0.255 e. The van der Waals surface area contributed by atoms with E-state index in [0.717, 1.165) is 12.1 Å². The Balaban J connectivity index is 2.17. The molecule has 9 heteroatoms. The zero-order valence-corrected chi connectivity index (χ0v) is 18.6. The molecule has 6 nitrogen and oxygen atoms in total. The van der Waals surface area contributed by atoms with E-state index in [2.05, 4.69) is 32.2 Å². The van der Waals surface area contributed by atoms with E-state index in [1.54, 1.807) is 0 Å². The van der Waals surface area contributed by atoms with Crippen molar-refractivity contribution in [1.82, 2.24) is 19.6 Å². The number of anilines is 1. The minimum atomic E-state index is -0.818. The summed E-state index contributed by atoms with van der Waals surface area (Å²) >= 11 is 6.38. The van der Waals surface area contributed by atoms with Crippen molar-refractivity contribution in [1.29, 1.82) is 0 Å². The molecule has 1 atom stereocenters. The van der Waals surface area contributed by atoms with E-state index in [0.29, 0.717) is 18.7 Å². The van der Waals surface area contributed by atoms with Crippen LogP contribution < -0.4 is 5.32 Å². The number of aliphatic hydroxyl groups excluding tert-OH is 1. The van der Waals surface area contributed by atoms with Crippen molar-refractivity contribution in [3.05, 3.63) is 40.8 Å². The van der Waals surface area contributed by atoms with Crippen LogP contribution in [0.5, 0.6) is 0 Å². The first-order chi connectivity index (χ1) is 14.6. The number of benzene rings is 1. The summed E-state index contributed by atoms with van der Waals surface area (Å²) in [6, 6.07) is 2.21. The van der Waals surface area contributed by atoms with Crippen molar-refractivity contribution in [2.45, 2.75) is 46.6 Å². The number of hydrogen-bond acceptors (Lipinski definition) is 5. The highest BCUT2D eigenvalue weighted by molar-refractivity contribution is 6.33. The Kier molecular flexibility index (Phi) is 6.77. The third-order valence-electron chi connectivity index (χ3n) is 5.02. The van der Waals surface area contributed by atoms with Crippen LogP contribution in [0.25, 0.3) is 16.9 Å². The quantitative estimate of drug-likeness (QED) is 0.337. The van der Waals surface area contributed by atoms with Crippen LogP contribution in [0, 0.1) is 28.9 Å². The second-order valence-corrected chi connectivity index (χ2v) is 8.63. The first-order valence-corrected chi connectivity index (χ1v) is 10.3. The van der Waals surface area contributed by atoms with Gasteiger partial charge in [-0.25, -0.2) is 8.78 Å². The number of hydrogen-bond donors (Lipinski definition) is 2. The molecule has 0 spiro atoms. The lowest BCUT2D eigenvalue weighted by Crippen LogP contribution is -2.32. The molecular formula is C22H24ClF2N5O. The molecule has 0 fully saturated rings. The summed E-state index contributed by atoms with van der Waals surface area (Å²) in [6.07, 6.45) is 2.22. The van der Waals surface area contributed by atoms with Gasteiger partial charge in [0, 0.05) is 24.6 Å². The summed E-state index contributed by atoms with van der Waals surface area (Å²) in [6.45, 7) is 8.08. The van der Waals surface area contributed by atoms with Gasteiger partial charge in [0.25, 0.3) is 5.78 Å². The van der Waals surface area contributed by atoms with Crippen LogP contribution in [-0.4, -0.2) is 37.3 Å². The van der Waals surface area contributed by atoms with Crippen molar-refractivity contribution in [3.8, 4) is 23.0 Å². The van der Waals surface area contributed by atoms with Gasteiger partial charge in [-0.2, -0.15) is 19.6 Å². The predicted molar refractivity (Wildman–Crippen MR) is 117 cm³/mol. The fraction of sp³-hybridized carbons (Fsp3) is 0.409. The zero-order chi connectivity index (χ0) is 22.8. The predicted octanol–water partition coefficient (Wildman–Crippen LogP) is 4.69. The smallest absolute Gasteiger partial charge is 0.255 e. The number of aromatic nitrogens is 4. The van der Waals surface area contributed by atoms with Gasteiger partial charge in [0.1, 0.15) is 28.9 Å². The van der Waals surface area contributed by atoms with E-state index in [9.17, 15) is 0 Å². The summed E-state index contributed by atoms with van der Waals surface area (Å²) in [7, 11) is 0. The molecule has 2 aromatic heterocycles. The lowest BCUT2D eigenvalue weighted by atomic mass is 9.88. The maximum absolute atomic E-state index is 15.1. The lowest BCUT2D eigenvalue weighted by molar-refractivity contribution is 0.290. The molecule has 2 heterocycles. The molecule has 164 valence electrons. The van der Waals surface area contributed by atoms with Crippen molar-refractivity contribution >= 4 is 23.2 Å². The second-order valence-electron chi connectivity index (χ2n) is 8.27. The van der Waals surface area contributed by atoms with Gasteiger partial charge in [0.15, 0.2) is 0 Å². The van der Waals surface area contributed by atoms with Crippen LogP contribution >= 0.6 is 11.6 Å². The molecule has 3 aromatic rings. The maximum atomic E-state index is 15.1. The molecule has 2 N–H and O–H groups in total. The number of fused-ring (bicyclic) bond motifs is 1. The Morgan fingerprint density at radius 3 is 2.52 bits per heavy atom. The van der Waals surface area contributed by atoms with Gasteiger partial charge in [-0.1, -0.05) is 44.2 Å². The standard InChI is InChI=1S/C22H24ClF2N5O/c1-13(22(2,3)4)28-20-18(19(23)29-21-26-12-27-30(20)21)17-15(24)10-14(11-16(17)25)8-6-5-7-9-31/h10-13,28,31H,5,7,9H2,1-4H3. The number of unbranched alkanes of at least 4 members (excludes halogenated alkanes) is 1. The van der Waals surface area contributed by atoms with Crippen LogP contribution in [0.15, 0.2) is 18.5 Å². The number of nitrogens with one attached hydrogen (secondary N) is 1. The van der Waals surface area contributed by atoms with Crippen molar-refractivity contribution in [3.63, 3.8) is 0 Å². The molecule has 31 heavy (non-hydrogen) atoms. The first-order valence-electron chi connectivity index (χ1n) is 9.88. The Bertz CT molecular complexity index is 1140. The van der Waals surface area contributed by atoms with E-state index in [1.807, 2.05) is 27.7 Å². The highest BCUT2D eigenvalue weighted by Gasteiger charge is 2.27. The van der Waals surface area contributed by atoms with E-state index >= 15 is 8.78 Å². The fourth-order valence-corrected chi connectivity index (χ4v) is 3.07. The van der Waals surface area contributed by atoms with E-state index in [1.165, 1.54) is 10.8 Å². The third-order valence-corrected chi connectivity index (χ3v) is 5.29. The molecule has 1 aromatic carbocycles. The third kappa shape index (κ3) is 4.94. The van der Waals surface area contributed by atoms with Gasteiger partial charge >= 0.3 is 0 Å². The van der Waals surface area contributed by atoms with Gasteiger partial charge < -0.3 is 10.4 Å². The van der Waals surface area contributed by atoms with E-state index in [-0.39, 0.29) is 45.7 Å². The van der Waals surface area contributed by atoms with Gasteiger partial charge in [0.05, 0.1) is 11.1 Å².